The van der Waals surface area contributed by atoms with Gasteiger partial charge in [0.25, 0.3) is 0 Å². The number of benzene rings is 2. The number of hydrogen-bond acceptors (Lipinski definition) is 4. The third-order valence-corrected chi connectivity index (χ3v) is 6.46. The third-order valence-electron chi connectivity index (χ3n) is 6.46. The van der Waals surface area contributed by atoms with Crippen LogP contribution in [0.2, 0.25) is 0 Å². The van der Waals surface area contributed by atoms with Gasteiger partial charge in [0.15, 0.2) is 0 Å². The van der Waals surface area contributed by atoms with Crippen molar-refractivity contribution >= 4 is 17.9 Å². The van der Waals surface area contributed by atoms with E-state index in [1.165, 1.54) is 4.90 Å². The molecule has 0 aliphatic carbocycles. The zero-order valence-corrected chi connectivity index (χ0v) is 24.4. The fourth-order valence-corrected chi connectivity index (χ4v) is 4.37. The first-order valence-corrected chi connectivity index (χ1v) is 13.8. The largest absolute Gasteiger partial charge is 0.444 e. The fraction of sp³-hybridized carbons (Fsp3) is 0.469. The molecule has 2 unspecified atom stereocenters. The summed E-state index contributed by atoms with van der Waals surface area (Å²) in [6, 6.07) is 13.4. The fourth-order valence-electron chi connectivity index (χ4n) is 4.37. The van der Waals surface area contributed by atoms with Crippen LogP contribution in [0, 0.1) is 13.8 Å². The third kappa shape index (κ3) is 9.89. The van der Waals surface area contributed by atoms with Crippen molar-refractivity contribution in [1.82, 2.24) is 15.5 Å². The molecule has 2 N–H and O–H groups in total. The van der Waals surface area contributed by atoms with Crippen molar-refractivity contribution in [1.29, 1.82) is 0 Å². The van der Waals surface area contributed by atoms with E-state index < -0.39 is 23.8 Å². The highest BCUT2D eigenvalue weighted by Gasteiger charge is 2.36. The van der Waals surface area contributed by atoms with Gasteiger partial charge in [0.2, 0.25) is 11.8 Å². The number of hydrogen-bond donors (Lipinski definition) is 2. The standard InChI is InChI=1S/C32H45N3O4/c1-8-10-14-20-33-29(36)28(26-19-15-16-23(3)24(26)4)35(21-9-2)30(37)27(22-25-17-12-11-13-18-25)34-31(38)39-32(5,6)7/h9,11-13,15-19,27-28H,2,8,10,14,20-22H2,1,3-7H3,(H,33,36)(H,34,38). The number of alkyl carbamates (subject to hydrolysis) is 1. The summed E-state index contributed by atoms with van der Waals surface area (Å²) in [4.78, 5) is 42.3. The van der Waals surface area contributed by atoms with Gasteiger partial charge in [0.1, 0.15) is 17.7 Å². The number of amides is 3. The summed E-state index contributed by atoms with van der Waals surface area (Å²) >= 11 is 0. The first kappa shape index (κ1) is 31.6. The Bertz CT molecular complexity index is 1110. The van der Waals surface area contributed by atoms with E-state index in [0.29, 0.717) is 6.54 Å². The summed E-state index contributed by atoms with van der Waals surface area (Å²) in [6.07, 6.45) is 4.05. The summed E-state index contributed by atoms with van der Waals surface area (Å²) in [5.74, 6) is -0.648. The van der Waals surface area contributed by atoms with E-state index >= 15 is 0 Å². The van der Waals surface area contributed by atoms with Gasteiger partial charge in [-0.3, -0.25) is 9.59 Å². The van der Waals surface area contributed by atoms with Crippen molar-refractivity contribution in [2.45, 2.75) is 84.9 Å². The molecule has 7 heteroatoms. The topological polar surface area (TPSA) is 87.7 Å². The maximum Gasteiger partial charge on any atom is 0.408 e. The highest BCUT2D eigenvalue weighted by molar-refractivity contribution is 5.92. The van der Waals surface area contributed by atoms with Gasteiger partial charge in [-0.05, 0) is 63.3 Å². The number of ether oxygens (including phenoxy) is 1. The van der Waals surface area contributed by atoms with Crippen LogP contribution in [-0.4, -0.2) is 47.5 Å². The quantitative estimate of drug-likeness (QED) is 0.251. The molecule has 2 aromatic rings. The van der Waals surface area contributed by atoms with Crippen LogP contribution in [0.4, 0.5) is 4.79 Å². The molecule has 0 fully saturated rings. The van der Waals surface area contributed by atoms with E-state index in [2.05, 4.69) is 24.1 Å². The zero-order chi connectivity index (χ0) is 29.0. The van der Waals surface area contributed by atoms with Crippen molar-refractivity contribution in [3.63, 3.8) is 0 Å². The molecule has 0 bridgehead atoms. The molecule has 2 atom stereocenters. The first-order valence-electron chi connectivity index (χ1n) is 13.8. The summed E-state index contributed by atoms with van der Waals surface area (Å²) in [6.45, 7) is 15.9. The predicted molar refractivity (Wildman–Crippen MR) is 156 cm³/mol. The number of nitrogens with one attached hydrogen (secondary N) is 2. The minimum absolute atomic E-state index is 0.126. The van der Waals surface area contributed by atoms with Gasteiger partial charge in [0, 0.05) is 19.5 Å². The molecule has 0 aliphatic heterocycles. The molecule has 0 saturated carbocycles. The van der Waals surface area contributed by atoms with Crippen LogP contribution >= 0.6 is 0 Å². The van der Waals surface area contributed by atoms with E-state index in [9.17, 15) is 14.4 Å². The van der Waals surface area contributed by atoms with Crippen molar-refractivity contribution in [2.24, 2.45) is 0 Å². The predicted octanol–water partition coefficient (Wildman–Crippen LogP) is 5.80. The zero-order valence-electron chi connectivity index (χ0n) is 24.4. The van der Waals surface area contributed by atoms with Gasteiger partial charge in [-0.2, -0.15) is 0 Å². The number of rotatable bonds is 13. The summed E-state index contributed by atoms with van der Waals surface area (Å²) in [5, 5.41) is 5.81. The normalized spacial score (nSPS) is 12.7. The number of aryl methyl sites for hydroxylation is 1. The molecule has 0 aromatic heterocycles. The van der Waals surface area contributed by atoms with Gasteiger partial charge in [-0.25, -0.2) is 4.79 Å². The van der Waals surface area contributed by atoms with Crippen LogP contribution in [0.3, 0.4) is 0 Å². The number of carbonyl (C=O) groups is 3. The lowest BCUT2D eigenvalue weighted by Crippen LogP contribution is -2.54. The van der Waals surface area contributed by atoms with Gasteiger partial charge in [0.05, 0.1) is 0 Å². The van der Waals surface area contributed by atoms with Crippen molar-refractivity contribution < 1.29 is 19.1 Å². The molecule has 0 radical (unpaired) electrons. The van der Waals surface area contributed by atoms with E-state index in [4.69, 9.17) is 4.74 Å². The van der Waals surface area contributed by atoms with Crippen molar-refractivity contribution in [3.8, 4) is 0 Å². The van der Waals surface area contributed by atoms with E-state index in [0.717, 1.165) is 41.5 Å². The molecule has 212 valence electrons. The second kappa shape index (κ2) is 15.1. The van der Waals surface area contributed by atoms with Crippen LogP contribution in [0.25, 0.3) is 0 Å². The molecule has 0 saturated heterocycles. The highest BCUT2D eigenvalue weighted by atomic mass is 16.6. The Balaban J connectivity index is 2.52. The molecular formula is C32H45N3O4. The maximum atomic E-state index is 14.3. The van der Waals surface area contributed by atoms with Crippen LogP contribution in [0.1, 0.15) is 75.3 Å². The van der Waals surface area contributed by atoms with Crippen LogP contribution in [0.15, 0.2) is 61.2 Å². The molecule has 2 rings (SSSR count). The molecule has 7 nitrogen and oxygen atoms in total. The minimum Gasteiger partial charge on any atom is -0.444 e. The summed E-state index contributed by atoms with van der Waals surface area (Å²) in [7, 11) is 0. The Morgan fingerprint density at radius 2 is 1.72 bits per heavy atom. The smallest absolute Gasteiger partial charge is 0.408 e. The number of nitrogens with zero attached hydrogens (tertiary/aromatic N) is 1. The maximum absolute atomic E-state index is 14.3. The monoisotopic (exact) mass is 535 g/mol. The Labute approximate surface area is 234 Å². The minimum atomic E-state index is -0.956. The number of unbranched alkanes of at least 4 members (excludes halogenated alkanes) is 2. The first-order chi connectivity index (χ1) is 18.5. The van der Waals surface area contributed by atoms with Crippen molar-refractivity contribution in [2.75, 3.05) is 13.1 Å². The second-order valence-electron chi connectivity index (χ2n) is 10.9. The SMILES string of the molecule is C=CCN(C(=O)C(Cc1ccccc1)NC(=O)OC(C)(C)C)C(C(=O)NCCCCC)c1cccc(C)c1C. The highest BCUT2D eigenvalue weighted by Crippen LogP contribution is 2.28. The molecule has 3 amide bonds. The van der Waals surface area contributed by atoms with Crippen molar-refractivity contribution in [3.05, 3.63) is 83.4 Å². The van der Waals surface area contributed by atoms with Gasteiger partial charge < -0.3 is 20.3 Å². The van der Waals surface area contributed by atoms with E-state index in [-0.39, 0.29) is 24.8 Å². The van der Waals surface area contributed by atoms with Gasteiger partial charge in [-0.15, -0.1) is 6.58 Å². The number of carbonyl (C=O) groups excluding carboxylic acids is 3. The Morgan fingerprint density at radius 1 is 1.03 bits per heavy atom. The lowest BCUT2D eigenvalue weighted by Gasteiger charge is -2.34. The molecule has 2 aromatic carbocycles. The van der Waals surface area contributed by atoms with Crippen LogP contribution in [-0.2, 0) is 20.7 Å². The Kier molecular flexibility index (Phi) is 12.2. The summed E-state index contributed by atoms with van der Waals surface area (Å²) < 4.78 is 5.48. The molecule has 0 spiro atoms. The van der Waals surface area contributed by atoms with Gasteiger partial charge >= 0.3 is 6.09 Å². The Hall–Kier alpha value is -3.61. The lowest BCUT2D eigenvalue weighted by molar-refractivity contribution is -0.141. The second-order valence-corrected chi connectivity index (χ2v) is 10.9. The van der Waals surface area contributed by atoms with Crippen LogP contribution < -0.4 is 10.6 Å². The van der Waals surface area contributed by atoms with E-state index in [1.54, 1.807) is 26.8 Å². The lowest BCUT2D eigenvalue weighted by atomic mass is 9.94. The molecular weight excluding hydrogens is 490 g/mol. The average molecular weight is 536 g/mol. The average Bonchev–Trinajstić information content (AvgIpc) is 2.87. The summed E-state index contributed by atoms with van der Waals surface area (Å²) in [5.41, 5.74) is 2.85. The van der Waals surface area contributed by atoms with Gasteiger partial charge in [-0.1, -0.05) is 74.4 Å². The van der Waals surface area contributed by atoms with Crippen LogP contribution in [0.5, 0.6) is 0 Å². The molecule has 0 aliphatic rings. The molecule has 0 heterocycles. The van der Waals surface area contributed by atoms with E-state index in [1.807, 2.05) is 62.4 Å². The molecule has 39 heavy (non-hydrogen) atoms. The Morgan fingerprint density at radius 3 is 2.33 bits per heavy atom.